The first-order valence-corrected chi connectivity index (χ1v) is 7.82. The van der Waals surface area contributed by atoms with Crippen molar-refractivity contribution in [3.05, 3.63) is 46.8 Å². The van der Waals surface area contributed by atoms with Gasteiger partial charge in [0.05, 0.1) is 10.9 Å². The first kappa shape index (κ1) is 15.9. The highest BCUT2D eigenvalue weighted by molar-refractivity contribution is 6.14. The number of aromatic nitrogens is 1. The Labute approximate surface area is 146 Å². The quantitative estimate of drug-likeness (QED) is 0.439. The van der Waals surface area contributed by atoms with E-state index in [1.54, 1.807) is 6.07 Å². The molecule has 0 fully saturated rings. The van der Waals surface area contributed by atoms with Crippen molar-refractivity contribution in [1.82, 2.24) is 4.98 Å². The summed E-state index contributed by atoms with van der Waals surface area (Å²) in [5.41, 5.74) is 1.07. The first-order valence-electron chi connectivity index (χ1n) is 7.82. The fourth-order valence-corrected chi connectivity index (χ4v) is 2.96. The number of rotatable bonds is 2. The predicted octanol–water partition coefficient (Wildman–Crippen LogP) is 3.28. The van der Waals surface area contributed by atoms with Crippen LogP contribution in [0.5, 0.6) is 11.5 Å². The van der Waals surface area contributed by atoms with E-state index in [0.717, 1.165) is 5.39 Å². The van der Waals surface area contributed by atoms with Crippen molar-refractivity contribution < 1.29 is 23.5 Å². The second-order valence-corrected chi connectivity index (χ2v) is 5.79. The lowest BCUT2D eigenvalue weighted by Gasteiger charge is -2.08. The maximum atomic E-state index is 12.6. The van der Waals surface area contributed by atoms with Crippen molar-refractivity contribution in [3.63, 3.8) is 0 Å². The number of carbonyl (C=O) groups is 2. The van der Waals surface area contributed by atoms with Gasteiger partial charge in [-0.05, 0) is 18.2 Å². The zero-order valence-electron chi connectivity index (χ0n) is 13.9. The van der Waals surface area contributed by atoms with E-state index in [1.807, 2.05) is 18.2 Å². The highest BCUT2D eigenvalue weighted by Crippen LogP contribution is 2.38. The molecule has 0 unspecified atom stereocenters. The molecule has 0 aliphatic rings. The molecule has 4 aromatic rings. The highest BCUT2D eigenvalue weighted by Gasteiger charge is 2.19. The van der Waals surface area contributed by atoms with Crippen LogP contribution >= 0.6 is 0 Å². The minimum absolute atomic E-state index is 0.0375. The van der Waals surface area contributed by atoms with Gasteiger partial charge in [0.2, 0.25) is 0 Å². The summed E-state index contributed by atoms with van der Waals surface area (Å²) < 4.78 is 16.1. The Balaban J connectivity index is 2.11. The molecule has 2 aromatic carbocycles. The van der Waals surface area contributed by atoms with E-state index in [1.165, 1.54) is 26.0 Å². The molecular weight excluding hydrogens is 338 g/mol. The molecule has 7 heteroatoms. The molecule has 0 atom stereocenters. The van der Waals surface area contributed by atoms with Gasteiger partial charge in [0.1, 0.15) is 11.2 Å². The van der Waals surface area contributed by atoms with Crippen LogP contribution in [-0.4, -0.2) is 16.9 Å². The van der Waals surface area contributed by atoms with Crippen LogP contribution in [0.2, 0.25) is 0 Å². The van der Waals surface area contributed by atoms with Gasteiger partial charge in [0, 0.05) is 30.7 Å². The van der Waals surface area contributed by atoms with Gasteiger partial charge in [-0.1, -0.05) is 12.1 Å². The van der Waals surface area contributed by atoms with Crippen LogP contribution in [0, 0.1) is 0 Å². The van der Waals surface area contributed by atoms with Gasteiger partial charge in [-0.2, -0.15) is 0 Å². The molecule has 26 heavy (non-hydrogen) atoms. The summed E-state index contributed by atoms with van der Waals surface area (Å²) in [7, 11) is 0. The fraction of sp³-hybridized carbons (Fsp3) is 0.105. The SMILES string of the molecule is CC(=O)Oc1cc2oc3c4ccccc4[nH]c(=O)c3c2cc1OC(C)=O. The predicted molar refractivity (Wildman–Crippen MR) is 94.5 cm³/mol. The van der Waals surface area contributed by atoms with E-state index in [0.29, 0.717) is 27.5 Å². The van der Waals surface area contributed by atoms with Crippen LogP contribution in [0.4, 0.5) is 0 Å². The zero-order chi connectivity index (χ0) is 18.4. The number of H-pyrrole nitrogens is 1. The molecule has 2 heterocycles. The van der Waals surface area contributed by atoms with E-state index in [9.17, 15) is 14.4 Å². The molecule has 0 bridgehead atoms. The normalized spacial score (nSPS) is 11.2. The van der Waals surface area contributed by atoms with E-state index < -0.39 is 11.9 Å². The maximum Gasteiger partial charge on any atom is 0.308 e. The molecule has 130 valence electrons. The Morgan fingerprint density at radius 3 is 2.31 bits per heavy atom. The Kier molecular flexibility index (Phi) is 3.50. The summed E-state index contributed by atoms with van der Waals surface area (Å²) in [6.45, 7) is 2.47. The molecule has 7 nitrogen and oxygen atoms in total. The molecule has 0 saturated heterocycles. The number of para-hydroxylation sites is 1. The lowest BCUT2D eigenvalue weighted by molar-refractivity contribution is -0.134. The fourth-order valence-electron chi connectivity index (χ4n) is 2.96. The Morgan fingerprint density at radius 2 is 1.62 bits per heavy atom. The van der Waals surface area contributed by atoms with E-state index in [-0.39, 0.29) is 17.1 Å². The van der Waals surface area contributed by atoms with Gasteiger partial charge in [-0.3, -0.25) is 14.4 Å². The number of fused-ring (bicyclic) bond motifs is 5. The van der Waals surface area contributed by atoms with Crippen molar-refractivity contribution >= 4 is 44.8 Å². The molecule has 0 radical (unpaired) electrons. The van der Waals surface area contributed by atoms with Crippen LogP contribution < -0.4 is 15.0 Å². The van der Waals surface area contributed by atoms with E-state index in [4.69, 9.17) is 13.9 Å². The van der Waals surface area contributed by atoms with Crippen molar-refractivity contribution in [1.29, 1.82) is 0 Å². The summed E-state index contributed by atoms with van der Waals surface area (Å²) in [5, 5.41) is 1.53. The number of aromatic amines is 1. The van der Waals surface area contributed by atoms with Gasteiger partial charge < -0.3 is 18.9 Å². The van der Waals surface area contributed by atoms with E-state index >= 15 is 0 Å². The minimum Gasteiger partial charge on any atom is -0.455 e. The third-order valence-corrected chi connectivity index (χ3v) is 3.91. The number of furan rings is 1. The minimum atomic E-state index is -0.579. The van der Waals surface area contributed by atoms with Gasteiger partial charge in [0.25, 0.3) is 5.56 Å². The van der Waals surface area contributed by atoms with Gasteiger partial charge >= 0.3 is 11.9 Å². The van der Waals surface area contributed by atoms with Crippen molar-refractivity contribution in [2.24, 2.45) is 0 Å². The van der Waals surface area contributed by atoms with Crippen LogP contribution in [0.15, 0.2) is 45.6 Å². The Morgan fingerprint density at radius 1 is 0.962 bits per heavy atom. The van der Waals surface area contributed by atoms with E-state index in [2.05, 4.69) is 4.98 Å². The van der Waals surface area contributed by atoms with Crippen molar-refractivity contribution in [2.75, 3.05) is 0 Å². The zero-order valence-corrected chi connectivity index (χ0v) is 13.9. The number of esters is 2. The summed E-state index contributed by atoms with van der Waals surface area (Å²) in [6, 6.07) is 10.1. The van der Waals surface area contributed by atoms with Crippen LogP contribution in [0.25, 0.3) is 32.8 Å². The average molecular weight is 351 g/mol. The summed E-state index contributed by atoms with van der Waals surface area (Å²) >= 11 is 0. The van der Waals surface area contributed by atoms with Crippen molar-refractivity contribution in [3.8, 4) is 11.5 Å². The monoisotopic (exact) mass is 351 g/mol. The molecule has 0 aliphatic heterocycles. The molecule has 0 saturated carbocycles. The lowest BCUT2D eigenvalue weighted by Crippen LogP contribution is -2.07. The van der Waals surface area contributed by atoms with Crippen LogP contribution in [0.1, 0.15) is 13.8 Å². The largest absolute Gasteiger partial charge is 0.455 e. The number of hydrogen-bond donors (Lipinski definition) is 1. The maximum absolute atomic E-state index is 12.6. The van der Waals surface area contributed by atoms with Crippen molar-refractivity contribution in [2.45, 2.75) is 13.8 Å². The molecular formula is C19H13NO6. The Bertz CT molecular complexity index is 1260. The second kappa shape index (κ2) is 5.73. The molecule has 4 rings (SSSR count). The standard InChI is InChI=1S/C19H13NO6/c1-9(21)24-15-7-12-14(8-16(15)25-10(2)22)26-18-11-5-3-4-6-13(11)20-19(23)17(12)18/h3-8H,1-2H3,(H,20,23). The van der Waals surface area contributed by atoms with Crippen LogP contribution in [-0.2, 0) is 9.59 Å². The average Bonchev–Trinajstić information content (AvgIpc) is 2.93. The highest BCUT2D eigenvalue weighted by atomic mass is 16.6. The molecule has 0 aliphatic carbocycles. The topological polar surface area (TPSA) is 98.6 Å². The number of benzene rings is 2. The number of pyridine rings is 1. The lowest BCUT2D eigenvalue weighted by atomic mass is 10.1. The summed E-state index contributed by atoms with van der Waals surface area (Å²) in [5.74, 6) is -1.07. The number of carbonyl (C=O) groups excluding carboxylic acids is 2. The number of nitrogens with one attached hydrogen (secondary N) is 1. The second-order valence-electron chi connectivity index (χ2n) is 5.79. The summed E-state index contributed by atoms with van der Waals surface area (Å²) in [6.07, 6.45) is 0. The van der Waals surface area contributed by atoms with Gasteiger partial charge in [0.15, 0.2) is 11.5 Å². The van der Waals surface area contributed by atoms with Gasteiger partial charge in [-0.15, -0.1) is 0 Å². The third kappa shape index (κ3) is 2.50. The first-order chi connectivity index (χ1) is 12.4. The van der Waals surface area contributed by atoms with Gasteiger partial charge in [-0.25, -0.2) is 0 Å². The number of hydrogen-bond acceptors (Lipinski definition) is 6. The molecule has 0 spiro atoms. The Hall–Kier alpha value is -3.61. The number of ether oxygens (including phenoxy) is 2. The molecule has 2 aromatic heterocycles. The molecule has 0 amide bonds. The van der Waals surface area contributed by atoms with Crippen LogP contribution in [0.3, 0.4) is 0 Å². The summed E-state index contributed by atoms with van der Waals surface area (Å²) in [4.78, 5) is 38.1. The molecule has 1 N–H and O–H groups in total. The smallest absolute Gasteiger partial charge is 0.308 e. The third-order valence-electron chi connectivity index (χ3n) is 3.91.